The van der Waals surface area contributed by atoms with Gasteiger partial charge in [-0.1, -0.05) is 12.1 Å². The van der Waals surface area contributed by atoms with Gasteiger partial charge in [0.1, 0.15) is 5.69 Å². The number of hydrogen-bond donors (Lipinski definition) is 1. The van der Waals surface area contributed by atoms with E-state index in [9.17, 15) is 14.4 Å². The third-order valence-electron chi connectivity index (χ3n) is 8.69. The SMILES string of the molecule is N#Cc1ccc(CN2CCC(NC(=O)c3ccc(C(=O)N4CCN(c5ccc(C(=O)C6CC6)cc5)CC4)cn3)CC2)cc1. The number of benzene rings is 2. The molecule has 1 aliphatic carbocycles. The highest BCUT2D eigenvalue weighted by Gasteiger charge is 2.30. The Hall–Kier alpha value is -4.55. The summed E-state index contributed by atoms with van der Waals surface area (Å²) in [5.74, 6) is 0.161. The monoisotopic (exact) mass is 576 g/mol. The molecular weight excluding hydrogens is 540 g/mol. The van der Waals surface area contributed by atoms with Crippen LogP contribution in [0, 0.1) is 17.2 Å². The highest BCUT2D eigenvalue weighted by atomic mass is 16.2. The van der Waals surface area contributed by atoms with E-state index in [1.54, 1.807) is 12.1 Å². The van der Waals surface area contributed by atoms with E-state index >= 15 is 0 Å². The Balaban J connectivity index is 0.945. The van der Waals surface area contributed by atoms with E-state index in [0.717, 1.165) is 56.6 Å². The molecule has 2 aliphatic heterocycles. The number of likely N-dealkylation sites (tertiary alicyclic amines) is 1. The highest BCUT2D eigenvalue weighted by Crippen LogP contribution is 2.33. The Morgan fingerprint density at radius 1 is 0.814 bits per heavy atom. The Labute approximate surface area is 252 Å². The molecule has 3 fully saturated rings. The van der Waals surface area contributed by atoms with Crippen LogP contribution in [0.15, 0.2) is 66.9 Å². The third kappa shape index (κ3) is 6.92. The fraction of sp³-hybridized carbons (Fsp3) is 0.382. The molecule has 1 N–H and O–H groups in total. The van der Waals surface area contributed by atoms with Crippen LogP contribution in [0.2, 0.25) is 0 Å². The highest BCUT2D eigenvalue weighted by molar-refractivity contribution is 5.99. The smallest absolute Gasteiger partial charge is 0.270 e. The number of amides is 2. The number of pyridine rings is 1. The van der Waals surface area contributed by atoms with Crippen LogP contribution < -0.4 is 10.2 Å². The summed E-state index contributed by atoms with van der Waals surface area (Å²) in [6.07, 6.45) is 5.22. The molecule has 9 nitrogen and oxygen atoms in total. The minimum Gasteiger partial charge on any atom is -0.368 e. The topological polar surface area (TPSA) is 110 Å². The zero-order chi connectivity index (χ0) is 29.8. The average molecular weight is 577 g/mol. The van der Waals surface area contributed by atoms with Crippen LogP contribution in [-0.2, 0) is 6.54 Å². The van der Waals surface area contributed by atoms with E-state index in [1.807, 2.05) is 53.4 Å². The number of anilines is 1. The molecule has 3 heterocycles. The molecule has 6 rings (SSSR count). The van der Waals surface area contributed by atoms with Crippen molar-refractivity contribution in [3.8, 4) is 6.07 Å². The molecule has 9 heteroatoms. The summed E-state index contributed by atoms with van der Waals surface area (Å²) in [5, 5.41) is 12.1. The zero-order valence-electron chi connectivity index (χ0n) is 24.2. The molecule has 3 aromatic rings. The number of nitrogens with one attached hydrogen (secondary N) is 1. The molecule has 0 bridgehead atoms. The fourth-order valence-corrected chi connectivity index (χ4v) is 5.86. The number of Topliss-reactive ketones (excluding diaryl/α,β-unsaturated/α-hetero) is 1. The van der Waals surface area contributed by atoms with Crippen LogP contribution in [0.3, 0.4) is 0 Å². The molecular formula is C34H36N6O3. The summed E-state index contributed by atoms with van der Waals surface area (Å²) >= 11 is 0. The number of carbonyl (C=O) groups is 3. The van der Waals surface area contributed by atoms with Crippen LogP contribution in [-0.4, -0.2) is 77.7 Å². The summed E-state index contributed by atoms with van der Waals surface area (Å²) < 4.78 is 0. The van der Waals surface area contributed by atoms with Crippen LogP contribution in [0.1, 0.15) is 68.0 Å². The van der Waals surface area contributed by atoms with Crippen molar-refractivity contribution in [2.24, 2.45) is 5.92 Å². The molecule has 1 saturated carbocycles. The molecule has 0 unspecified atom stereocenters. The maximum atomic E-state index is 13.1. The first kappa shape index (κ1) is 28.6. The zero-order valence-corrected chi connectivity index (χ0v) is 24.2. The van der Waals surface area contributed by atoms with Gasteiger partial charge in [-0.15, -0.1) is 0 Å². The molecule has 2 amide bonds. The number of piperazine rings is 1. The molecule has 2 aromatic carbocycles. The minimum absolute atomic E-state index is 0.0824. The predicted molar refractivity (Wildman–Crippen MR) is 163 cm³/mol. The first-order valence-corrected chi connectivity index (χ1v) is 15.1. The Kier molecular flexibility index (Phi) is 8.47. The summed E-state index contributed by atoms with van der Waals surface area (Å²) in [6, 6.07) is 21.0. The van der Waals surface area contributed by atoms with Gasteiger partial charge in [0.15, 0.2) is 5.78 Å². The van der Waals surface area contributed by atoms with Crippen molar-refractivity contribution in [3.63, 3.8) is 0 Å². The van der Waals surface area contributed by atoms with Gasteiger partial charge in [0.25, 0.3) is 11.8 Å². The average Bonchev–Trinajstić information content (AvgIpc) is 3.92. The predicted octanol–water partition coefficient (Wildman–Crippen LogP) is 3.90. The second-order valence-electron chi connectivity index (χ2n) is 11.7. The van der Waals surface area contributed by atoms with Crippen molar-refractivity contribution in [2.75, 3.05) is 44.2 Å². The number of piperidine rings is 1. The lowest BCUT2D eigenvalue weighted by atomic mass is 10.0. The number of nitriles is 1. The maximum absolute atomic E-state index is 13.1. The van der Waals surface area contributed by atoms with Gasteiger partial charge in [-0.05, 0) is 79.8 Å². The number of hydrogen-bond acceptors (Lipinski definition) is 7. The second-order valence-corrected chi connectivity index (χ2v) is 11.7. The first-order chi connectivity index (χ1) is 21.0. The van der Waals surface area contributed by atoms with E-state index in [0.29, 0.717) is 43.0 Å². The molecule has 43 heavy (non-hydrogen) atoms. The van der Waals surface area contributed by atoms with Crippen molar-refractivity contribution in [1.29, 1.82) is 5.26 Å². The second kappa shape index (κ2) is 12.8. The van der Waals surface area contributed by atoms with Crippen molar-refractivity contribution in [2.45, 2.75) is 38.3 Å². The van der Waals surface area contributed by atoms with E-state index in [2.05, 4.69) is 26.2 Å². The molecule has 3 aliphatic rings. The molecule has 220 valence electrons. The third-order valence-corrected chi connectivity index (χ3v) is 8.69. The normalized spacial score (nSPS) is 17.7. The summed E-state index contributed by atoms with van der Waals surface area (Å²) in [6.45, 7) is 5.19. The number of nitrogens with zero attached hydrogens (tertiary/aromatic N) is 5. The van der Waals surface area contributed by atoms with Crippen molar-refractivity contribution >= 4 is 23.3 Å². The van der Waals surface area contributed by atoms with Gasteiger partial charge in [0.05, 0.1) is 17.2 Å². The molecule has 1 aromatic heterocycles. The fourth-order valence-electron chi connectivity index (χ4n) is 5.86. The van der Waals surface area contributed by atoms with Gasteiger partial charge < -0.3 is 15.1 Å². The Morgan fingerprint density at radius 2 is 1.49 bits per heavy atom. The van der Waals surface area contributed by atoms with E-state index in [-0.39, 0.29) is 29.6 Å². The Bertz CT molecular complexity index is 1490. The summed E-state index contributed by atoms with van der Waals surface area (Å²) in [5.41, 5.74) is 4.47. The van der Waals surface area contributed by atoms with Gasteiger partial charge in [0.2, 0.25) is 0 Å². The van der Waals surface area contributed by atoms with E-state index in [4.69, 9.17) is 5.26 Å². The van der Waals surface area contributed by atoms with E-state index < -0.39 is 0 Å². The number of aromatic nitrogens is 1. The maximum Gasteiger partial charge on any atom is 0.270 e. The minimum atomic E-state index is -0.219. The van der Waals surface area contributed by atoms with Gasteiger partial charge in [-0.2, -0.15) is 5.26 Å². The van der Waals surface area contributed by atoms with Crippen LogP contribution in [0.25, 0.3) is 0 Å². The van der Waals surface area contributed by atoms with E-state index in [1.165, 1.54) is 11.8 Å². The molecule has 2 saturated heterocycles. The first-order valence-electron chi connectivity index (χ1n) is 15.1. The molecule has 0 atom stereocenters. The lowest BCUT2D eigenvalue weighted by molar-refractivity contribution is 0.0745. The Morgan fingerprint density at radius 3 is 2.09 bits per heavy atom. The van der Waals surface area contributed by atoms with Crippen LogP contribution >= 0.6 is 0 Å². The van der Waals surface area contributed by atoms with Gasteiger partial charge in [0, 0.05) is 75.2 Å². The number of rotatable bonds is 8. The largest absolute Gasteiger partial charge is 0.368 e. The van der Waals surface area contributed by atoms with Gasteiger partial charge in [-0.3, -0.25) is 24.3 Å². The summed E-state index contributed by atoms with van der Waals surface area (Å²) in [7, 11) is 0. The molecule has 0 radical (unpaired) electrons. The number of ketones is 1. The van der Waals surface area contributed by atoms with Crippen molar-refractivity contribution in [3.05, 3.63) is 94.8 Å². The lowest BCUT2D eigenvalue weighted by Gasteiger charge is -2.36. The van der Waals surface area contributed by atoms with Crippen LogP contribution in [0.5, 0.6) is 0 Å². The number of carbonyl (C=O) groups excluding carboxylic acids is 3. The summed E-state index contributed by atoms with van der Waals surface area (Å²) in [4.78, 5) is 49.0. The van der Waals surface area contributed by atoms with Gasteiger partial charge in [-0.25, -0.2) is 0 Å². The van der Waals surface area contributed by atoms with Crippen molar-refractivity contribution in [1.82, 2.24) is 20.1 Å². The van der Waals surface area contributed by atoms with Crippen molar-refractivity contribution < 1.29 is 14.4 Å². The quantitative estimate of drug-likeness (QED) is 0.405. The van der Waals surface area contributed by atoms with Gasteiger partial charge >= 0.3 is 0 Å². The van der Waals surface area contributed by atoms with Crippen LogP contribution in [0.4, 0.5) is 5.69 Å². The lowest BCUT2D eigenvalue weighted by Crippen LogP contribution is -2.48. The molecule has 0 spiro atoms. The standard InChI is InChI=1S/C34H36N6O3/c35-21-24-1-3-25(4-2-24)23-38-15-13-29(14-16-38)37-33(42)31-12-9-28(22-36-31)34(43)40-19-17-39(18-20-40)30-10-7-27(8-11-30)32(41)26-5-6-26/h1-4,7-12,22,26,29H,5-6,13-20,23H2,(H,37,42).